The molecule has 0 saturated carbocycles. The van der Waals surface area contributed by atoms with Crippen molar-refractivity contribution in [2.75, 3.05) is 0 Å². The molecule has 2 aromatic heterocycles. The van der Waals surface area contributed by atoms with Gasteiger partial charge in [-0.1, -0.05) is 41.6 Å². The Balaban J connectivity index is 1.71. The minimum absolute atomic E-state index is 0.239. The van der Waals surface area contributed by atoms with E-state index in [1.807, 2.05) is 47.0 Å². The van der Waals surface area contributed by atoms with Gasteiger partial charge in [-0.15, -0.1) is 10.2 Å². The summed E-state index contributed by atoms with van der Waals surface area (Å²) in [6.07, 6.45) is 2.63. The van der Waals surface area contributed by atoms with Crippen LogP contribution in [0.15, 0.2) is 72.1 Å². The van der Waals surface area contributed by atoms with Crippen LogP contribution in [0.2, 0.25) is 5.02 Å². The number of alkyl halides is 2. The summed E-state index contributed by atoms with van der Waals surface area (Å²) < 4.78 is 28.9. The first-order valence-electron chi connectivity index (χ1n) is 8.33. The number of hydrogen-bond donors (Lipinski definition) is 0. The molecule has 0 N–H and O–H groups in total. The number of nitrogens with zero attached hydrogens (tertiary/aromatic N) is 5. The highest BCUT2D eigenvalue weighted by atomic mass is 35.5. The van der Waals surface area contributed by atoms with Crippen LogP contribution in [0.3, 0.4) is 0 Å². The number of hydrogen-bond acceptors (Lipinski definition) is 4. The van der Waals surface area contributed by atoms with Gasteiger partial charge in [-0.25, -0.2) is 4.98 Å². The number of benzene rings is 2. The van der Waals surface area contributed by atoms with E-state index in [2.05, 4.69) is 15.2 Å². The van der Waals surface area contributed by atoms with Crippen LogP contribution >= 0.6 is 23.4 Å². The molecule has 0 aliphatic carbocycles. The van der Waals surface area contributed by atoms with E-state index in [1.54, 1.807) is 12.1 Å². The van der Waals surface area contributed by atoms with Crippen LogP contribution in [0, 0.1) is 0 Å². The fourth-order valence-electron chi connectivity index (χ4n) is 2.72. The second-order valence-corrected chi connectivity index (χ2v) is 7.18. The Morgan fingerprint density at radius 1 is 1.00 bits per heavy atom. The molecule has 4 rings (SSSR count). The van der Waals surface area contributed by atoms with E-state index in [1.165, 1.54) is 24.2 Å². The molecule has 0 fully saturated rings. The maximum absolute atomic E-state index is 13.1. The predicted molar refractivity (Wildman–Crippen MR) is 105 cm³/mol. The molecule has 0 spiro atoms. The van der Waals surface area contributed by atoms with Crippen LogP contribution in [0.5, 0.6) is 0 Å². The van der Waals surface area contributed by atoms with Gasteiger partial charge in [0.05, 0.1) is 5.75 Å². The van der Waals surface area contributed by atoms with Crippen molar-refractivity contribution in [1.29, 1.82) is 0 Å². The van der Waals surface area contributed by atoms with E-state index in [0.717, 1.165) is 15.8 Å². The van der Waals surface area contributed by atoms with Crippen molar-refractivity contribution in [3.8, 4) is 17.1 Å². The summed E-state index contributed by atoms with van der Waals surface area (Å²) in [5.41, 5.74) is 1.72. The molecule has 2 aromatic carbocycles. The summed E-state index contributed by atoms with van der Waals surface area (Å²) in [6.45, 7) is -2.63. The Morgan fingerprint density at radius 3 is 2.46 bits per heavy atom. The topological polar surface area (TPSA) is 48.5 Å². The van der Waals surface area contributed by atoms with Gasteiger partial charge in [0.15, 0.2) is 11.0 Å². The second kappa shape index (κ2) is 8.12. The summed E-state index contributed by atoms with van der Waals surface area (Å²) in [5.74, 6) is 1.15. The molecule has 0 unspecified atom stereocenters. The van der Waals surface area contributed by atoms with Gasteiger partial charge >= 0.3 is 6.55 Å². The molecular weight excluding hydrogens is 404 g/mol. The molecule has 0 bridgehead atoms. The van der Waals surface area contributed by atoms with Crippen molar-refractivity contribution in [1.82, 2.24) is 24.3 Å². The lowest BCUT2D eigenvalue weighted by molar-refractivity contribution is 0.0678. The molecule has 0 atom stereocenters. The second-order valence-electron chi connectivity index (χ2n) is 5.80. The maximum Gasteiger partial charge on any atom is 0.319 e. The minimum Gasteiger partial charge on any atom is -0.277 e. The highest BCUT2D eigenvalue weighted by molar-refractivity contribution is 7.98. The van der Waals surface area contributed by atoms with Crippen molar-refractivity contribution < 1.29 is 8.78 Å². The molecule has 0 radical (unpaired) electrons. The largest absolute Gasteiger partial charge is 0.319 e. The third kappa shape index (κ3) is 3.79. The van der Waals surface area contributed by atoms with Crippen molar-refractivity contribution in [3.63, 3.8) is 0 Å². The lowest BCUT2D eigenvalue weighted by Gasteiger charge is -2.11. The molecule has 0 aliphatic heterocycles. The molecule has 9 heteroatoms. The van der Waals surface area contributed by atoms with Gasteiger partial charge < -0.3 is 0 Å². The Kier molecular flexibility index (Phi) is 5.40. The molecule has 5 nitrogen and oxygen atoms in total. The summed E-state index contributed by atoms with van der Waals surface area (Å²) in [6, 6.07) is 16.9. The zero-order valence-electron chi connectivity index (χ0n) is 14.4. The first-order valence-corrected chi connectivity index (χ1v) is 9.69. The van der Waals surface area contributed by atoms with Crippen LogP contribution < -0.4 is 0 Å². The van der Waals surface area contributed by atoms with Crippen LogP contribution in [-0.2, 0) is 5.75 Å². The quantitative estimate of drug-likeness (QED) is 0.390. The zero-order valence-corrected chi connectivity index (χ0v) is 16.0. The van der Waals surface area contributed by atoms with Gasteiger partial charge in [0.1, 0.15) is 5.82 Å². The van der Waals surface area contributed by atoms with Crippen molar-refractivity contribution in [3.05, 3.63) is 77.8 Å². The molecular formula is C19H14ClF2N5S. The third-order valence-electron chi connectivity index (χ3n) is 4.04. The smallest absolute Gasteiger partial charge is 0.277 e. The summed E-state index contributed by atoms with van der Waals surface area (Å²) in [4.78, 5) is 4.02. The Hall–Kier alpha value is -2.71. The van der Waals surface area contributed by atoms with E-state index in [4.69, 9.17) is 11.6 Å². The predicted octanol–water partition coefficient (Wildman–Crippen LogP) is 5.47. The average molecular weight is 418 g/mol. The van der Waals surface area contributed by atoms with Gasteiger partial charge in [-0.3, -0.25) is 9.13 Å². The number of imidazole rings is 1. The number of rotatable bonds is 6. The fourth-order valence-corrected chi connectivity index (χ4v) is 3.75. The Morgan fingerprint density at radius 2 is 1.75 bits per heavy atom. The monoisotopic (exact) mass is 417 g/mol. The van der Waals surface area contributed by atoms with Gasteiger partial charge in [-0.05, 0) is 36.4 Å². The van der Waals surface area contributed by atoms with Crippen LogP contribution in [0.4, 0.5) is 8.78 Å². The third-order valence-corrected chi connectivity index (χ3v) is 5.22. The zero-order chi connectivity index (χ0) is 19.5. The van der Waals surface area contributed by atoms with Crippen molar-refractivity contribution >= 4 is 23.4 Å². The van der Waals surface area contributed by atoms with E-state index >= 15 is 0 Å². The SMILES string of the molecule is FC(F)n1ccnc1CSc1nnc(-c2ccc(Cl)cc2)n1-c1ccccc1. The van der Waals surface area contributed by atoms with E-state index in [9.17, 15) is 8.78 Å². The van der Waals surface area contributed by atoms with Gasteiger partial charge in [0.25, 0.3) is 0 Å². The van der Waals surface area contributed by atoms with Crippen LogP contribution in [-0.4, -0.2) is 24.3 Å². The lowest BCUT2D eigenvalue weighted by atomic mass is 10.2. The van der Waals surface area contributed by atoms with Crippen LogP contribution in [0.25, 0.3) is 17.1 Å². The summed E-state index contributed by atoms with van der Waals surface area (Å²) in [7, 11) is 0. The molecule has 0 aliphatic rings. The highest BCUT2D eigenvalue weighted by Gasteiger charge is 2.18. The van der Waals surface area contributed by atoms with Gasteiger partial charge in [0.2, 0.25) is 0 Å². The minimum atomic E-state index is -2.63. The highest BCUT2D eigenvalue weighted by Crippen LogP contribution is 2.30. The number of para-hydroxylation sites is 1. The van der Waals surface area contributed by atoms with E-state index in [0.29, 0.717) is 16.0 Å². The molecule has 28 heavy (non-hydrogen) atoms. The maximum atomic E-state index is 13.1. The fraction of sp³-hybridized carbons (Fsp3) is 0.105. The van der Waals surface area contributed by atoms with Gasteiger partial charge in [-0.2, -0.15) is 8.78 Å². The molecule has 0 amide bonds. The summed E-state index contributed by atoms with van der Waals surface area (Å²) >= 11 is 7.29. The van der Waals surface area contributed by atoms with E-state index in [-0.39, 0.29) is 11.6 Å². The molecule has 142 valence electrons. The molecule has 2 heterocycles. The average Bonchev–Trinajstić information content (AvgIpc) is 3.34. The molecule has 4 aromatic rings. The van der Waals surface area contributed by atoms with Crippen molar-refractivity contribution in [2.24, 2.45) is 0 Å². The first kappa shape index (κ1) is 18.6. The first-order chi connectivity index (χ1) is 13.6. The van der Waals surface area contributed by atoms with Gasteiger partial charge in [0, 0.05) is 28.7 Å². The number of aromatic nitrogens is 5. The molecule has 0 saturated heterocycles. The summed E-state index contributed by atoms with van der Waals surface area (Å²) in [5, 5.41) is 9.82. The van der Waals surface area contributed by atoms with Crippen molar-refractivity contribution in [2.45, 2.75) is 17.5 Å². The number of thioether (sulfide) groups is 1. The standard InChI is InChI=1S/C19H14ClF2N5S/c20-14-8-6-13(7-9-14)17-24-25-19(27(17)15-4-2-1-3-5-15)28-12-16-23-10-11-26(16)18(21)22/h1-11,18H,12H2. The Bertz CT molecular complexity index is 1060. The van der Waals surface area contributed by atoms with Crippen LogP contribution in [0.1, 0.15) is 12.4 Å². The number of halogens is 3. The lowest BCUT2D eigenvalue weighted by Crippen LogP contribution is -2.03. The van der Waals surface area contributed by atoms with E-state index < -0.39 is 6.55 Å². The normalized spacial score (nSPS) is 11.3. The Labute approximate surface area is 169 Å².